The van der Waals surface area contributed by atoms with Crippen LogP contribution in [0.1, 0.15) is 55.2 Å². The fraction of sp³-hybridized carbons (Fsp3) is 0.552. The second-order valence-electron chi connectivity index (χ2n) is 11.6. The van der Waals surface area contributed by atoms with Gasteiger partial charge in [-0.15, -0.1) is 0 Å². The predicted molar refractivity (Wildman–Crippen MR) is 141 cm³/mol. The molecule has 7 nitrogen and oxygen atoms in total. The van der Waals surface area contributed by atoms with Crippen LogP contribution in [0.5, 0.6) is 0 Å². The highest BCUT2D eigenvalue weighted by Gasteiger charge is 2.53. The zero-order valence-electron chi connectivity index (χ0n) is 22.1. The Kier molecular flexibility index (Phi) is 6.07. The number of piperidine rings is 1. The number of hydrogen-bond acceptors (Lipinski definition) is 5. The summed E-state index contributed by atoms with van der Waals surface area (Å²) in [5.74, 6) is 1.48. The normalized spacial score (nSPS) is 30.6. The summed E-state index contributed by atoms with van der Waals surface area (Å²) in [6.45, 7) is 8.69. The summed E-state index contributed by atoms with van der Waals surface area (Å²) in [4.78, 5) is 19.9. The average Bonchev–Trinajstić information content (AvgIpc) is 3.15. The molecule has 3 unspecified atom stereocenters. The number of rotatable bonds is 5. The van der Waals surface area contributed by atoms with Gasteiger partial charge in [0, 0.05) is 36.7 Å². The van der Waals surface area contributed by atoms with E-state index in [4.69, 9.17) is 4.74 Å². The number of carbonyl (C=O) groups excluding carboxylic acids is 1. The molecule has 2 saturated heterocycles. The Morgan fingerprint density at radius 1 is 1.19 bits per heavy atom. The van der Waals surface area contributed by atoms with E-state index in [-0.39, 0.29) is 30.3 Å². The summed E-state index contributed by atoms with van der Waals surface area (Å²) in [6, 6.07) is 6.45. The first kappa shape index (κ1) is 24.5. The van der Waals surface area contributed by atoms with Crippen molar-refractivity contribution in [3.05, 3.63) is 53.5 Å². The van der Waals surface area contributed by atoms with Gasteiger partial charge in [0.2, 0.25) is 5.91 Å². The number of nitrogens with zero attached hydrogens (tertiary/aromatic N) is 4. The van der Waals surface area contributed by atoms with Crippen molar-refractivity contribution < 1.29 is 13.9 Å². The standard InChI is InChI=1S/C29H36FN5O2/c1-17-9-21-12-31-25(33-28(36)27-18(2)26(27)22-13-32-34(4)14-22)11-20(21)10-23(17)19-5-7-35(8-6-19)29(3)16-37-15-24(29)30/h9-14,18-19,24,26-27H,5-8,15-16H2,1-4H3,(H,31,33,36)/t18?,24-,26?,27?,29+/m1/s1. The topological polar surface area (TPSA) is 72.3 Å². The lowest BCUT2D eigenvalue weighted by Gasteiger charge is -2.43. The minimum atomic E-state index is -0.925. The lowest BCUT2D eigenvalue weighted by atomic mass is 9.83. The lowest BCUT2D eigenvalue weighted by Crippen LogP contribution is -2.55. The van der Waals surface area contributed by atoms with E-state index in [9.17, 15) is 9.18 Å². The van der Waals surface area contributed by atoms with E-state index < -0.39 is 11.7 Å². The van der Waals surface area contributed by atoms with Crippen molar-refractivity contribution >= 4 is 22.5 Å². The van der Waals surface area contributed by atoms with E-state index in [2.05, 4.69) is 46.3 Å². The van der Waals surface area contributed by atoms with Crippen LogP contribution in [0.25, 0.3) is 10.8 Å². The Morgan fingerprint density at radius 3 is 2.65 bits per heavy atom. The second-order valence-corrected chi connectivity index (χ2v) is 11.6. The molecule has 5 atom stereocenters. The van der Waals surface area contributed by atoms with E-state index in [1.165, 1.54) is 11.1 Å². The van der Waals surface area contributed by atoms with Crippen molar-refractivity contribution in [1.82, 2.24) is 19.7 Å². The summed E-state index contributed by atoms with van der Waals surface area (Å²) in [7, 11) is 1.90. The van der Waals surface area contributed by atoms with E-state index in [0.717, 1.165) is 42.3 Å². The van der Waals surface area contributed by atoms with Crippen LogP contribution in [0.2, 0.25) is 0 Å². The summed E-state index contributed by atoms with van der Waals surface area (Å²) in [5, 5.41) is 9.47. The third kappa shape index (κ3) is 4.34. The maximum absolute atomic E-state index is 14.5. The van der Waals surface area contributed by atoms with Crippen LogP contribution in [-0.2, 0) is 16.6 Å². The molecule has 8 heteroatoms. The highest BCUT2D eigenvalue weighted by atomic mass is 19.1. The molecule has 1 amide bonds. The number of aryl methyl sites for hydroxylation is 2. The molecule has 1 aliphatic carbocycles. The molecule has 3 fully saturated rings. The van der Waals surface area contributed by atoms with Gasteiger partial charge in [-0.25, -0.2) is 9.37 Å². The molecule has 3 aliphatic rings. The minimum absolute atomic E-state index is 0.0171. The number of carbonyl (C=O) groups is 1. The van der Waals surface area contributed by atoms with Crippen LogP contribution in [0.3, 0.4) is 0 Å². The molecular weight excluding hydrogens is 469 g/mol. The van der Waals surface area contributed by atoms with E-state index in [1.54, 1.807) is 4.68 Å². The second kappa shape index (κ2) is 9.17. The summed E-state index contributed by atoms with van der Waals surface area (Å²) in [5.41, 5.74) is 3.21. The summed E-state index contributed by atoms with van der Waals surface area (Å²) < 4.78 is 21.7. The zero-order valence-corrected chi connectivity index (χ0v) is 22.1. The van der Waals surface area contributed by atoms with Gasteiger partial charge < -0.3 is 10.1 Å². The monoisotopic (exact) mass is 505 g/mol. The van der Waals surface area contributed by atoms with E-state index in [1.807, 2.05) is 38.6 Å². The molecule has 196 valence electrons. The van der Waals surface area contributed by atoms with Gasteiger partial charge in [0.1, 0.15) is 12.0 Å². The molecule has 4 heterocycles. The van der Waals surface area contributed by atoms with Crippen LogP contribution in [0.15, 0.2) is 36.8 Å². The number of amides is 1. The SMILES string of the molecule is Cc1cc2cnc(NC(=O)C3C(C)C3c3cnn(C)c3)cc2cc1C1CCN([C@@]2(C)COC[C@H]2F)CC1. The number of hydrogen-bond donors (Lipinski definition) is 1. The van der Waals surface area contributed by atoms with Gasteiger partial charge in [-0.05, 0) is 85.8 Å². The Balaban J connectivity index is 1.16. The van der Waals surface area contributed by atoms with Crippen LogP contribution in [-0.4, -0.2) is 63.6 Å². The van der Waals surface area contributed by atoms with Crippen LogP contribution < -0.4 is 5.32 Å². The van der Waals surface area contributed by atoms with Crippen molar-refractivity contribution in [1.29, 1.82) is 0 Å². The molecule has 37 heavy (non-hydrogen) atoms. The van der Waals surface area contributed by atoms with Gasteiger partial charge in [0.25, 0.3) is 0 Å². The number of anilines is 1. The molecular formula is C29H36FN5O2. The number of benzene rings is 1. The maximum Gasteiger partial charge on any atom is 0.229 e. The zero-order chi connectivity index (χ0) is 25.9. The van der Waals surface area contributed by atoms with Gasteiger partial charge >= 0.3 is 0 Å². The molecule has 0 spiro atoms. The lowest BCUT2D eigenvalue weighted by molar-refractivity contribution is -0.117. The average molecular weight is 506 g/mol. The van der Waals surface area contributed by atoms with Gasteiger partial charge in [0.15, 0.2) is 0 Å². The maximum atomic E-state index is 14.5. The number of ether oxygens (including phenoxy) is 1. The highest BCUT2D eigenvalue weighted by Crippen LogP contribution is 2.54. The van der Waals surface area contributed by atoms with Crippen LogP contribution in [0, 0.1) is 18.8 Å². The van der Waals surface area contributed by atoms with Crippen molar-refractivity contribution in [2.45, 2.75) is 57.2 Å². The molecule has 0 radical (unpaired) electrons. The fourth-order valence-corrected chi connectivity index (χ4v) is 6.66. The van der Waals surface area contributed by atoms with E-state index in [0.29, 0.717) is 18.3 Å². The minimum Gasteiger partial charge on any atom is -0.376 e. The summed E-state index contributed by atoms with van der Waals surface area (Å²) in [6.07, 6.45) is 6.77. The first-order valence-electron chi connectivity index (χ1n) is 13.4. The molecule has 1 N–H and O–H groups in total. The molecule has 3 aromatic rings. The number of aromatic nitrogens is 3. The third-order valence-corrected chi connectivity index (χ3v) is 9.14. The van der Waals surface area contributed by atoms with Gasteiger partial charge in [-0.3, -0.25) is 14.4 Å². The van der Waals surface area contributed by atoms with Gasteiger partial charge in [-0.2, -0.15) is 5.10 Å². The molecule has 1 saturated carbocycles. The molecule has 6 rings (SSSR count). The molecule has 1 aromatic carbocycles. The Labute approximate surface area is 217 Å². The molecule has 0 bridgehead atoms. The molecule has 2 aromatic heterocycles. The Morgan fingerprint density at radius 2 is 1.97 bits per heavy atom. The van der Waals surface area contributed by atoms with E-state index >= 15 is 0 Å². The number of pyridine rings is 1. The predicted octanol–water partition coefficient (Wildman–Crippen LogP) is 4.57. The number of fused-ring (bicyclic) bond motifs is 1. The number of halogens is 1. The first-order valence-corrected chi connectivity index (χ1v) is 13.4. The first-order chi connectivity index (χ1) is 17.7. The third-order valence-electron chi connectivity index (χ3n) is 9.14. The Hall–Kier alpha value is -2.84. The largest absolute Gasteiger partial charge is 0.376 e. The fourth-order valence-electron chi connectivity index (χ4n) is 6.66. The van der Waals surface area contributed by atoms with Crippen LogP contribution in [0.4, 0.5) is 10.2 Å². The van der Waals surface area contributed by atoms with Gasteiger partial charge in [0.05, 0.1) is 24.9 Å². The van der Waals surface area contributed by atoms with Crippen molar-refractivity contribution in [2.75, 3.05) is 31.6 Å². The van der Waals surface area contributed by atoms with Crippen molar-refractivity contribution in [3.8, 4) is 0 Å². The van der Waals surface area contributed by atoms with Crippen LogP contribution >= 0.6 is 0 Å². The quantitative estimate of drug-likeness (QED) is 0.550. The number of nitrogens with one attached hydrogen (secondary N) is 1. The van der Waals surface area contributed by atoms with Crippen molar-refractivity contribution in [2.24, 2.45) is 18.9 Å². The highest BCUT2D eigenvalue weighted by molar-refractivity contribution is 5.96. The smallest absolute Gasteiger partial charge is 0.229 e. The number of likely N-dealkylation sites (tertiary alicyclic amines) is 1. The molecule has 2 aliphatic heterocycles. The van der Waals surface area contributed by atoms with Gasteiger partial charge in [-0.1, -0.05) is 13.0 Å². The number of alkyl halides is 1. The Bertz CT molecular complexity index is 1330. The summed E-state index contributed by atoms with van der Waals surface area (Å²) >= 11 is 0. The van der Waals surface area contributed by atoms with Crippen molar-refractivity contribution in [3.63, 3.8) is 0 Å².